The molecule has 7 heteroatoms. The molecular formula is C23H26N4O3. The van der Waals surface area contributed by atoms with Crippen molar-refractivity contribution in [3.63, 3.8) is 0 Å². The van der Waals surface area contributed by atoms with Gasteiger partial charge >= 0.3 is 0 Å². The van der Waals surface area contributed by atoms with Crippen LogP contribution in [0, 0.1) is 0 Å². The molecule has 7 nitrogen and oxygen atoms in total. The maximum absolute atomic E-state index is 12.3. The third-order valence-electron chi connectivity index (χ3n) is 4.58. The summed E-state index contributed by atoms with van der Waals surface area (Å²) in [4.78, 5) is 26.5. The summed E-state index contributed by atoms with van der Waals surface area (Å²) >= 11 is 0. The molecule has 0 aliphatic rings. The van der Waals surface area contributed by atoms with E-state index in [1.54, 1.807) is 18.2 Å². The van der Waals surface area contributed by atoms with E-state index in [0.29, 0.717) is 24.4 Å². The van der Waals surface area contributed by atoms with E-state index < -0.39 is 0 Å². The maximum atomic E-state index is 12.3. The summed E-state index contributed by atoms with van der Waals surface area (Å²) < 4.78 is 6.81. The van der Waals surface area contributed by atoms with Crippen LogP contribution >= 0.6 is 0 Å². The van der Waals surface area contributed by atoms with E-state index in [4.69, 9.17) is 4.74 Å². The largest absolute Gasteiger partial charge is 0.494 e. The molecule has 0 spiro atoms. The second-order valence-corrected chi connectivity index (χ2v) is 6.93. The van der Waals surface area contributed by atoms with Crippen LogP contribution < -0.4 is 20.5 Å². The lowest BCUT2D eigenvalue weighted by Crippen LogP contribution is -2.32. The summed E-state index contributed by atoms with van der Waals surface area (Å²) in [6.45, 7) is 3.12. The second kappa shape index (κ2) is 9.73. The molecule has 0 aliphatic carbocycles. The molecule has 0 saturated carbocycles. The Kier molecular flexibility index (Phi) is 6.85. The van der Waals surface area contributed by atoms with Gasteiger partial charge in [-0.2, -0.15) is 5.10 Å². The van der Waals surface area contributed by atoms with Gasteiger partial charge in [-0.15, -0.1) is 0 Å². The maximum Gasteiger partial charge on any atom is 0.266 e. The van der Waals surface area contributed by atoms with E-state index in [-0.39, 0.29) is 18.0 Å². The third-order valence-corrected chi connectivity index (χ3v) is 4.58. The predicted octanol–water partition coefficient (Wildman–Crippen LogP) is 2.81. The second-order valence-electron chi connectivity index (χ2n) is 6.93. The highest BCUT2D eigenvalue weighted by Crippen LogP contribution is 2.19. The molecule has 0 bridgehead atoms. The third kappa shape index (κ3) is 5.26. The van der Waals surface area contributed by atoms with Gasteiger partial charge in [0.1, 0.15) is 5.75 Å². The molecule has 0 saturated heterocycles. The number of nitrogens with one attached hydrogen (secondary N) is 1. The van der Waals surface area contributed by atoms with Gasteiger partial charge in [0.15, 0.2) is 0 Å². The smallest absolute Gasteiger partial charge is 0.266 e. The van der Waals surface area contributed by atoms with Crippen LogP contribution in [0.1, 0.15) is 17.3 Å². The number of nitrogens with zero attached hydrogens (tertiary/aromatic N) is 3. The fraction of sp³-hybridized carbons (Fsp3) is 0.261. The molecule has 0 aliphatic heterocycles. The topological polar surface area (TPSA) is 76.5 Å². The lowest BCUT2D eigenvalue weighted by molar-refractivity contribution is 0.0952. The number of amides is 1. The molecule has 0 radical (unpaired) electrons. The monoisotopic (exact) mass is 406 g/mol. The van der Waals surface area contributed by atoms with Crippen molar-refractivity contribution < 1.29 is 9.53 Å². The number of anilines is 1. The van der Waals surface area contributed by atoms with Crippen LogP contribution in [0.3, 0.4) is 0 Å². The highest BCUT2D eigenvalue weighted by molar-refractivity contribution is 5.94. The van der Waals surface area contributed by atoms with E-state index in [9.17, 15) is 9.59 Å². The lowest BCUT2D eigenvalue weighted by Gasteiger charge is -2.13. The van der Waals surface area contributed by atoms with Gasteiger partial charge in [0.25, 0.3) is 11.5 Å². The molecule has 1 aromatic heterocycles. The summed E-state index contributed by atoms with van der Waals surface area (Å²) in [7, 11) is 3.89. The van der Waals surface area contributed by atoms with Crippen molar-refractivity contribution in [2.45, 2.75) is 13.5 Å². The Bertz CT molecular complexity index is 1040. The minimum absolute atomic E-state index is 0.184. The highest BCUT2D eigenvalue weighted by atomic mass is 16.5. The zero-order chi connectivity index (χ0) is 21.5. The zero-order valence-corrected chi connectivity index (χ0v) is 17.5. The number of carbonyl (C=O) groups is 1. The molecule has 156 valence electrons. The first kappa shape index (κ1) is 21.1. The zero-order valence-electron chi connectivity index (χ0n) is 17.5. The van der Waals surface area contributed by atoms with Crippen molar-refractivity contribution in [2.75, 3.05) is 32.1 Å². The minimum atomic E-state index is -0.214. The van der Waals surface area contributed by atoms with Crippen molar-refractivity contribution in [2.24, 2.45) is 0 Å². The molecule has 1 heterocycles. The fourth-order valence-electron chi connectivity index (χ4n) is 2.94. The summed E-state index contributed by atoms with van der Waals surface area (Å²) in [6.07, 6.45) is 0. The highest BCUT2D eigenvalue weighted by Gasteiger charge is 2.07. The fourth-order valence-corrected chi connectivity index (χ4v) is 2.94. The van der Waals surface area contributed by atoms with E-state index in [2.05, 4.69) is 10.4 Å². The van der Waals surface area contributed by atoms with E-state index in [1.165, 1.54) is 10.7 Å². The van der Waals surface area contributed by atoms with Crippen LogP contribution in [0.15, 0.2) is 65.5 Å². The van der Waals surface area contributed by atoms with Crippen LogP contribution in [-0.2, 0) is 6.54 Å². The Labute approximate surface area is 175 Å². The molecular weight excluding hydrogens is 380 g/mol. The molecule has 3 rings (SSSR count). The first-order valence-corrected chi connectivity index (χ1v) is 9.85. The van der Waals surface area contributed by atoms with E-state index >= 15 is 0 Å². The van der Waals surface area contributed by atoms with Gasteiger partial charge in [-0.25, -0.2) is 4.68 Å². The Balaban J connectivity index is 1.63. The SMILES string of the molecule is CCOc1ccc(-c2ccc(=O)n(CCNC(=O)c3ccc(N(C)C)cc3)n2)cc1. The van der Waals surface area contributed by atoms with Crippen molar-refractivity contribution in [1.82, 2.24) is 15.1 Å². The Hall–Kier alpha value is -3.61. The first-order chi connectivity index (χ1) is 14.5. The Morgan fingerprint density at radius 3 is 2.37 bits per heavy atom. The van der Waals surface area contributed by atoms with Gasteiger partial charge in [0, 0.05) is 43.5 Å². The minimum Gasteiger partial charge on any atom is -0.494 e. The lowest BCUT2D eigenvalue weighted by atomic mass is 10.1. The summed E-state index contributed by atoms with van der Waals surface area (Å²) in [5.74, 6) is 0.604. The molecule has 2 aromatic carbocycles. The van der Waals surface area contributed by atoms with E-state index in [0.717, 1.165) is 17.0 Å². The molecule has 3 aromatic rings. The number of hydrogen-bond acceptors (Lipinski definition) is 5. The number of ether oxygens (including phenoxy) is 1. The molecule has 30 heavy (non-hydrogen) atoms. The summed E-state index contributed by atoms with van der Waals surface area (Å²) in [5.41, 5.74) is 2.95. The molecule has 1 N–H and O–H groups in total. The number of hydrogen-bond donors (Lipinski definition) is 1. The van der Waals surface area contributed by atoms with Crippen LogP contribution in [0.4, 0.5) is 5.69 Å². The summed E-state index contributed by atoms with van der Waals surface area (Å²) in [6, 6.07) is 18.1. The normalized spacial score (nSPS) is 10.5. The summed E-state index contributed by atoms with van der Waals surface area (Å²) in [5, 5.41) is 7.26. The average Bonchev–Trinajstić information content (AvgIpc) is 2.76. The van der Waals surface area contributed by atoms with Crippen molar-refractivity contribution in [1.29, 1.82) is 0 Å². The molecule has 0 unspecified atom stereocenters. The number of aromatic nitrogens is 2. The van der Waals surface area contributed by atoms with Crippen molar-refractivity contribution in [3.05, 3.63) is 76.6 Å². The predicted molar refractivity (Wildman–Crippen MR) is 118 cm³/mol. The van der Waals surface area contributed by atoms with Crippen LogP contribution in [0.25, 0.3) is 11.3 Å². The van der Waals surface area contributed by atoms with Crippen LogP contribution in [0.5, 0.6) is 5.75 Å². The Morgan fingerprint density at radius 1 is 1.03 bits per heavy atom. The van der Waals surface area contributed by atoms with Gasteiger partial charge in [-0.3, -0.25) is 9.59 Å². The quantitative estimate of drug-likeness (QED) is 0.623. The number of benzene rings is 2. The number of carbonyl (C=O) groups excluding carboxylic acids is 1. The van der Waals surface area contributed by atoms with Gasteiger partial charge in [0.05, 0.1) is 18.8 Å². The standard InChI is InChI=1S/C23H26N4O3/c1-4-30-20-11-7-17(8-12-20)21-13-14-22(28)27(25-21)16-15-24-23(29)18-5-9-19(10-6-18)26(2)3/h5-14H,4,15-16H2,1-3H3,(H,24,29). The van der Waals surface area contributed by atoms with Crippen molar-refractivity contribution in [3.8, 4) is 17.0 Å². The Morgan fingerprint density at radius 2 is 1.73 bits per heavy atom. The van der Waals surface area contributed by atoms with E-state index in [1.807, 2.05) is 62.3 Å². The first-order valence-electron chi connectivity index (χ1n) is 9.85. The molecule has 1 amide bonds. The van der Waals surface area contributed by atoms with Crippen LogP contribution in [0.2, 0.25) is 0 Å². The van der Waals surface area contributed by atoms with Gasteiger partial charge < -0.3 is 15.0 Å². The van der Waals surface area contributed by atoms with Crippen LogP contribution in [-0.4, -0.2) is 42.9 Å². The van der Waals surface area contributed by atoms with Gasteiger partial charge in [-0.1, -0.05) is 0 Å². The molecule has 0 fully saturated rings. The number of rotatable bonds is 8. The van der Waals surface area contributed by atoms with Gasteiger partial charge in [-0.05, 0) is 61.5 Å². The average molecular weight is 406 g/mol. The van der Waals surface area contributed by atoms with Crippen molar-refractivity contribution >= 4 is 11.6 Å². The molecule has 0 atom stereocenters. The van der Waals surface area contributed by atoms with Gasteiger partial charge in [0.2, 0.25) is 0 Å².